The molecule has 266 valence electrons. The average Bonchev–Trinajstić information content (AvgIpc) is 3.96. The lowest BCUT2D eigenvalue weighted by Gasteiger charge is -2.11. The van der Waals surface area contributed by atoms with Gasteiger partial charge in [-0.05, 0) is 77.9 Å². The fourth-order valence-electron chi connectivity index (χ4n) is 8.36. The molecule has 4 heterocycles. The maximum Gasteiger partial charge on any atom is 0.165 e. The Hall–Kier alpha value is -7.41. The molecule has 12 rings (SSSR count). The van der Waals surface area contributed by atoms with Gasteiger partial charge < -0.3 is 8.98 Å². The quantitative estimate of drug-likeness (QED) is 0.176. The van der Waals surface area contributed by atoms with Gasteiger partial charge in [0.1, 0.15) is 11.2 Å². The van der Waals surface area contributed by atoms with Crippen molar-refractivity contribution in [1.29, 1.82) is 0 Å². The highest BCUT2D eigenvalue weighted by molar-refractivity contribution is 7.26. The van der Waals surface area contributed by atoms with Crippen LogP contribution in [0.5, 0.6) is 0 Å². The molecule has 0 saturated carbocycles. The van der Waals surface area contributed by atoms with Crippen molar-refractivity contribution >= 4 is 75.3 Å². The van der Waals surface area contributed by atoms with Crippen molar-refractivity contribution in [3.8, 4) is 51.0 Å². The third-order valence-electron chi connectivity index (χ3n) is 11.1. The molecule has 0 atom stereocenters. The van der Waals surface area contributed by atoms with Crippen molar-refractivity contribution in [3.63, 3.8) is 0 Å². The van der Waals surface area contributed by atoms with E-state index in [2.05, 4.69) is 156 Å². The summed E-state index contributed by atoms with van der Waals surface area (Å²) in [4.78, 5) is 15.3. The Morgan fingerprint density at radius 1 is 0.386 bits per heavy atom. The van der Waals surface area contributed by atoms with Gasteiger partial charge in [-0.1, -0.05) is 115 Å². The Bertz CT molecular complexity index is 3520. The van der Waals surface area contributed by atoms with Crippen LogP contribution in [0.25, 0.3) is 115 Å². The molecule has 0 aliphatic carbocycles. The number of para-hydroxylation sites is 2. The van der Waals surface area contributed by atoms with Gasteiger partial charge in [0.15, 0.2) is 17.5 Å². The van der Waals surface area contributed by atoms with Gasteiger partial charge in [-0.2, -0.15) is 0 Å². The molecule has 12 aromatic rings. The molecule has 0 unspecified atom stereocenters. The molecule has 0 aliphatic heterocycles. The molecule has 8 aromatic carbocycles. The molecule has 4 aromatic heterocycles. The number of aromatic nitrogens is 4. The van der Waals surface area contributed by atoms with E-state index in [0.717, 1.165) is 66.5 Å². The first-order chi connectivity index (χ1) is 28.2. The van der Waals surface area contributed by atoms with Crippen molar-refractivity contribution in [2.24, 2.45) is 0 Å². The largest absolute Gasteiger partial charge is 0.456 e. The van der Waals surface area contributed by atoms with E-state index in [1.54, 1.807) is 11.3 Å². The highest BCUT2D eigenvalue weighted by Crippen LogP contribution is 2.41. The van der Waals surface area contributed by atoms with Crippen LogP contribution in [0.4, 0.5) is 0 Å². The molecule has 57 heavy (non-hydrogen) atoms. The minimum atomic E-state index is 0.634. The zero-order chi connectivity index (χ0) is 37.5. The summed E-state index contributed by atoms with van der Waals surface area (Å²) in [5.41, 5.74) is 10.3. The SMILES string of the molecule is c1ccc(-c2nc(-c3ccc(-n4c5ccccc5c5ccc(-c6ccc7oc8ccccc8c7c6)cc54)cc3)nc(-c3cccc4c3sc3ccccc34)n2)cc1. The van der Waals surface area contributed by atoms with Gasteiger partial charge in [0.2, 0.25) is 0 Å². The molecule has 0 spiro atoms. The molecule has 0 radical (unpaired) electrons. The number of furan rings is 1. The standard InChI is InChI=1S/C51H30N4OS/c1-2-11-31(12-3-1)49-52-50(54-51(53-49)41-17-10-16-40-39-15-6-9-20-47(39)57-48(40)41)32-21-25-35(26-22-32)55-43-18-7-4-13-36(43)37-27-23-34(30-44(37)55)33-24-28-46-42(29-33)38-14-5-8-19-45(38)56-46/h1-30H. The second kappa shape index (κ2) is 12.6. The van der Waals surface area contributed by atoms with E-state index in [9.17, 15) is 0 Å². The van der Waals surface area contributed by atoms with Crippen LogP contribution in [0.3, 0.4) is 0 Å². The normalized spacial score (nSPS) is 11.9. The predicted octanol–water partition coefficient (Wildman–Crippen LogP) is 13.9. The van der Waals surface area contributed by atoms with Gasteiger partial charge in [0.05, 0.1) is 11.0 Å². The van der Waals surface area contributed by atoms with Crippen LogP contribution in [0.15, 0.2) is 186 Å². The van der Waals surface area contributed by atoms with Crippen molar-refractivity contribution in [2.75, 3.05) is 0 Å². The van der Waals surface area contributed by atoms with E-state index in [4.69, 9.17) is 19.4 Å². The third-order valence-corrected chi connectivity index (χ3v) is 12.3. The van der Waals surface area contributed by atoms with Crippen LogP contribution in [0.2, 0.25) is 0 Å². The van der Waals surface area contributed by atoms with Crippen molar-refractivity contribution < 1.29 is 4.42 Å². The van der Waals surface area contributed by atoms with Crippen LogP contribution >= 0.6 is 11.3 Å². The monoisotopic (exact) mass is 746 g/mol. The van der Waals surface area contributed by atoms with Gasteiger partial charge in [0.25, 0.3) is 0 Å². The molecular weight excluding hydrogens is 717 g/mol. The van der Waals surface area contributed by atoms with E-state index in [1.165, 1.54) is 30.9 Å². The average molecular weight is 747 g/mol. The lowest BCUT2D eigenvalue weighted by molar-refractivity contribution is 0.669. The smallest absolute Gasteiger partial charge is 0.165 e. The fourth-order valence-corrected chi connectivity index (χ4v) is 9.57. The highest BCUT2D eigenvalue weighted by atomic mass is 32.1. The van der Waals surface area contributed by atoms with E-state index < -0.39 is 0 Å². The lowest BCUT2D eigenvalue weighted by atomic mass is 10.0. The summed E-state index contributed by atoms with van der Waals surface area (Å²) in [5, 5.41) is 7.13. The maximum absolute atomic E-state index is 6.14. The zero-order valence-corrected chi connectivity index (χ0v) is 31.2. The summed E-state index contributed by atoms with van der Waals surface area (Å²) in [6.07, 6.45) is 0. The Labute approximate surface area is 330 Å². The molecule has 0 saturated heterocycles. The minimum Gasteiger partial charge on any atom is -0.456 e. The summed E-state index contributed by atoms with van der Waals surface area (Å²) in [5.74, 6) is 1.95. The van der Waals surface area contributed by atoms with E-state index >= 15 is 0 Å². The van der Waals surface area contributed by atoms with Crippen LogP contribution < -0.4 is 0 Å². The number of hydrogen-bond donors (Lipinski definition) is 0. The zero-order valence-electron chi connectivity index (χ0n) is 30.4. The third kappa shape index (κ3) is 5.12. The van der Waals surface area contributed by atoms with Gasteiger partial charge >= 0.3 is 0 Å². The fraction of sp³-hybridized carbons (Fsp3) is 0. The Kier molecular flexibility index (Phi) is 7.03. The first-order valence-electron chi connectivity index (χ1n) is 19.0. The molecule has 0 bridgehead atoms. The van der Waals surface area contributed by atoms with E-state index in [-0.39, 0.29) is 0 Å². The summed E-state index contributed by atoms with van der Waals surface area (Å²) in [6.45, 7) is 0. The molecular formula is C51H30N4OS. The van der Waals surface area contributed by atoms with E-state index in [0.29, 0.717) is 17.5 Å². The van der Waals surface area contributed by atoms with Crippen molar-refractivity contribution in [3.05, 3.63) is 182 Å². The number of nitrogens with zero attached hydrogens (tertiary/aromatic N) is 4. The second-order valence-corrected chi connectivity index (χ2v) is 15.4. The highest BCUT2D eigenvalue weighted by Gasteiger charge is 2.18. The number of benzene rings is 8. The minimum absolute atomic E-state index is 0.634. The number of rotatable bonds is 5. The summed E-state index contributed by atoms with van der Waals surface area (Å²) < 4.78 is 10.9. The first-order valence-corrected chi connectivity index (χ1v) is 19.8. The van der Waals surface area contributed by atoms with Gasteiger partial charge in [0, 0.05) is 64.1 Å². The Morgan fingerprint density at radius 2 is 1.00 bits per heavy atom. The van der Waals surface area contributed by atoms with Gasteiger partial charge in [-0.3, -0.25) is 0 Å². The van der Waals surface area contributed by atoms with Gasteiger partial charge in [-0.25, -0.2) is 15.0 Å². The number of fused-ring (bicyclic) bond motifs is 9. The Balaban J connectivity index is 0.994. The second-order valence-electron chi connectivity index (χ2n) is 14.4. The molecule has 6 heteroatoms. The summed E-state index contributed by atoms with van der Waals surface area (Å²) in [7, 11) is 0. The molecule has 0 N–H and O–H groups in total. The molecule has 5 nitrogen and oxygen atoms in total. The molecule has 0 amide bonds. The first kappa shape index (κ1) is 31.9. The van der Waals surface area contributed by atoms with Crippen LogP contribution in [-0.2, 0) is 0 Å². The van der Waals surface area contributed by atoms with Crippen molar-refractivity contribution in [1.82, 2.24) is 19.5 Å². The summed E-state index contributed by atoms with van der Waals surface area (Å²) in [6, 6.07) is 63.9. The summed E-state index contributed by atoms with van der Waals surface area (Å²) >= 11 is 1.78. The van der Waals surface area contributed by atoms with Crippen LogP contribution in [-0.4, -0.2) is 19.5 Å². The van der Waals surface area contributed by atoms with Crippen molar-refractivity contribution in [2.45, 2.75) is 0 Å². The predicted molar refractivity (Wildman–Crippen MR) is 236 cm³/mol. The lowest BCUT2D eigenvalue weighted by Crippen LogP contribution is -2.00. The number of hydrogen-bond acceptors (Lipinski definition) is 5. The number of thiophene rings is 1. The van der Waals surface area contributed by atoms with Gasteiger partial charge in [-0.15, -0.1) is 11.3 Å². The Morgan fingerprint density at radius 3 is 1.86 bits per heavy atom. The maximum atomic E-state index is 6.14. The van der Waals surface area contributed by atoms with Crippen LogP contribution in [0.1, 0.15) is 0 Å². The van der Waals surface area contributed by atoms with Crippen LogP contribution in [0, 0.1) is 0 Å². The topological polar surface area (TPSA) is 56.7 Å². The molecule has 0 fully saturated rings. The molecule has 0 aliphatic rings. The van der Waals surface area contributed by atoms with E-state index in [1.807, 2.05) is 30.3 Å².